The van der Waals surface area contributed by atoms with E-state index in [4.69, 9.17) is 10.5 Å². The summed E-state index contributed by atoms with van der Waals surface area (Å²) in [6, 6.07) is 7.10. The molecule has 17 heavy (non-hydrogen) atoms. The molecule has 1 aliphatic rings. The third-order valence-corrected chi connectivity index (χ3v) is 3.29. The van der Waals surface area contributed by atoms with E-state index < -0.39 is 0 Å². The molecule has 1 aliphatic heterocycles. The lowest BCUT2D eigenvalue weighted by molar-refractivity contribution is -0.00793. The number of ether oxygens (including phenoxy) is 1. The van der Waals surface area contributed by atoms with Crippen LogP contribution in [0.3, 0.4) is 0 Å². The lowest BCUT2D eigenvalue weighted by Gasteiger charge is -2.34. The van der Waals surface area contributed by atoms with E-state index in [1.54, 1.807) is 0 Å². The van der Waals surface area contributed by atoms with E-state index in [0.717, 1.165) is 26.3 Å². The minimum Gasteiger partial charge on any atom is -0.378 e. The molecular weight excluding hydrogens is 212 g/mol. The van der Waals surface area contributed by atoms with E-state index in [9.17, 15) is 0 Å². The lowest BCUT2D eigenvalue weighted by Crippen LogP contribution is -2.48. The predicted molar refractivity (Wildman–Crippen MR) is 70.0 cm³/mol. The molecule has 1 aromatic carbocycles. The van der Waals surface area contributed by atoms with Crippen LogP contribution in [0.15, 0.2) is 18.2 Å². The highest BCUT2D eigenvalue weighted by Crippen LogP contribution is 2.14. The second-order valence-electron chi connectivity index (χ2n) is 4.93. The van der Waals surface area contributed by atoms with Crippen molar-refractivity contribution in [2.45, 2.75) is 26.4 Å². The van der Waals surface area contributed by atoms with Crippen LogP contribution in [-0.4, -0.2) is 37.2 Å². The lowest BCUT2D eigenvalue weighted by atomic mass is 10.1. The molecule has 94 valence electrons. The largest absolute Gasteiger partial charge is 0.378 e. The number of rotatable bonds is 3. The highest BCUT2D eigenvalue weighted by molar-refractivity contribution is 5.28. The van der Waals surface area contributed by atoms with Crippen molar-refractivity contribution in [2.24, 2.45) is 5.73 Å². The van der Waals surface area contributed by atoms with Gasteiger partial charge in [0.25, 0.3) is 0 Å². The first-order valence-corrected chi connectivity index (χ1v) is 6.28. The van der Waals surface area contributed by atoms with Gasteiger partial charge in [-0.25, -0.2) is 0 Å². The maximum absolute atomic E-state index is 5.79. The Labute approximate surface area is 104 Å². The van der Waals surface area contributed by atoms with Gasteiger partial charge in [-0.15, -0.1) is 0 Å². The van der Waals surface area contributed by atoms with Gasteiger partial charge in [0, 0.05) is 25.7 Å². The Balaban J connectivity index is 2.08. The van der Waals surface area contributed by atoms with Gasteiger partial charge in [0.15, 0.2) is 0 Å². The fourth-order valence-electron chi connectivity index (χ4n) is 2.51. The van der Waals surface area contributed by atoms with E-state index in [2.05, 4.69) is 36.9 Å². The summed E-state index contributed by atoms with van der Waals surface area (Å²) in [5, 5.41) is 0. The molecule has 1 saturated heterocycles. The third kappa shape index (κ3) is 3.28. The Bertz CT molecular complexity index is 358. The standard InChI is InChI=1S/C14H22N2O/c1-11-5-12(2)7-13(6-11)9-16-3-4-17-10-14(16)8-15/h5-7,14H,3-4,8-10,15H2,1-2H3. The number of morpholine rings is 1. The number of benzene rings is 1. The summed E-state index contributed by atoms with van der Waals surface area (Å²) in [6.07, 6.45) is 0. The van der Waals surface area contributed by atoms with Crippen molar-refractivity contribution in [3.8, 4) is 0 Å². The van der Waals surface area contributed by atoms with Crippen LogP contribution in [0, 0.1) is 13.8 Å². The monoisotopic (exact) mass is 234 g/mol. The number of hydrogen-bond acceptors (Lipinski definition) is 3. The Hall–Kier alpha value is -0.900. The molecule has 3 heteroatoms. The Morgan fingerprint density at radius 1 is 1.29 bits per heavy atom. The molecule has 2 N–H and O–H groups in total. The van der Waals surface area contributed by atoms with Crippen LogP contribution < -0.4 is 5.73 Å². The average molecular weight is 234 g/mol. The molecule has 0 aliphatic carbocycles. The van der Waals surface area contributed by atoms with Gasteiger partial charge >= 0.3 is 0 Å². The maximum Gasteiger partial charge on any atom is 0.0634 e. The molecule has 1 heterocycles. The minimum absolute atomic E-state index is 0.365. The molecular formula is C14H22N2O. The van der Waals surface area contributed by atoms with Gasteiger partial charge in [-0.3, -0.25) is 4.90 Å². The number of hydrogen-bond donors (Lipinski definition) is 1. The zero-order chi connectivity index (χ0) is 12.3. The van der Waals surface area contributed by atoms with Crippen molar-refractivity contribution < 1.29 is 4.74 Å². The van der Waals surface area contributed by atoms with Crippen molar-refractivity contribution in [1.82, 2.24) is 4.90 Å². The smallest absolute Gasteiger partial charge is 0.0634 e. The second kappa shape index (κ2) is 5.63. The molecule has 0 spiro atoms. The Kier molecular flexibility index (Phi) is 4.15. The summed E-state index contributed by atoms with van der Waals surface area (Å²) in [4.78, 5) is 2.43. The highest BCUT2D eigenvalue weighted by Gasteiger charge is 2.21. The van der Waals surface area contributed by atoms with Crippen molar-refractivity contribution in [1.29, 1.82) is 0 Å². The number of aryl methyl sites for hydroxylation is 2. The SMILES string of the molecule is Cc1cc(C)cc(CN2CCOCC2CN)c1. The first-order valence-electron chi connectivity index (χ1n) is 6.28. The van der Waals surface area contributed by atoms with Crippen molar-refractivity contribution in [3.05, 3.63) is 34.9 Å². The molecule has 1 fully saturated rings. The molecule has 1 aromatic rings. The first kappa shape index (κ1) is 12.6. The van der Waals surface area contributed by atoms with E-state index in [0.29, 0.717) is 12.6 Å². The topological polar surface area (TPSA) is 38.5 Å². The quantitative estimate of drug-likeness (QED) is 0.860. The van der Waals surface area contributed by atoms with E-state index in [-0.39, 0.29) is 0 Å². The van der Waals surface area contributed by atoms with Gasteiger partial charge in [0.2, 0.25) is 0 Å². The van der Waals surface area contributed by atoms with Crippen molar-refractivity contribution in [2.75, 3.05) is 26.3 Å². The van der Waals surface area contributed by atoms with Crippen molar-refractivity contribution >= 4 is 0 Å². The Morgan fingerprint density at radius 3 is 2.65 bits per heavy atom. The molecule has 0 radical (unpaired) electrons. The van der Waals surface area contributed by atoms with Gasteiger partial charge in [-0.1, -0.05) is 29.3 Å². The maximum atomic E-state index is 5.79. The summed E-state index contributed by atoms with van der Waals surface area (Å²) in [7, 11) is 0. The summed E-state index contributed by atoms with van der Waals surface area (Å²) in [5.74, 6) is 0. The zero-order valence-corrected chi connectivity index (χ0v) is 10.8. The van der Waals surface area contributed by atoms with Crippen LogP contribution in [0.2, 0.25) is 0 Å². The molecule has 2 rings (SSSR count). The molecule has 1 unspecified atom stereocenters. The van der Waals surface area contributed by atoms with Crippen LogP contribution in [0.1, 0.15) is 16.7 Å². The molecule has 1 atom stereocenters. The Morgan fingerprint density at radius 2 is 2.00 bits per heavy atom. The van der Waals surface area contributed by atoms with Crippen LogP contribution in [0.25, 0.3) is 0 Å². The van der Waals surface area contributed by atoms with E-state index in [1.165, 1.54) is 16.7 Å². The average Bonchev–Trinajstić information content (AvgIpc) is 2.28. The van der Waals surface area contributed by atoms with E-state index >= 15 is 0 Å². The number of nitrogens with zero attached hydrogens (tertiary/aromatic N) is 1. The van der Waals surface area contributed by atoms with Crippen LogP contribution >= 0.6 is 0 Å². The highest BCUT2D eigenvalue weighted by atomic mass is 16.5. The minimum atomic E-state index is 0.365. The van der Waals surface area contributed by atoms with Crippen LogP contribution in [0.5, 0.6) is 0 Å². The number of nitrogens with two attached hydrogens (primary N) is 1. The summed E-state index contributed by atoms with van der Waals surface area (Å²) < 4.78 is 5.47. The fraction of sp³-hybridized carbons (Fsp3) is 0.571. The molecule has 0 saturated carbocycles. The summed E-state index contributed by atoms with van der Waals surface area (Å²) >= 11 is 0. The van der Waals surface area contributed by atoms with Gasteiger partial charge in [0.05, 0.1) is 13.2 Å². The first-order chi connectivity index (χ1) is 8.19. The van der Waals surface area contributed by atoms with Gasteiger partial charge in [0.1, 0.15) is 0 Å². The fourth-order valence-corrected chi connectivity index (χ4v) is 2.51. The van der Waals surface area contributed by atoms with Gasteiger partial charge in [-0.05, 0) is 19.4 Å². The van der Waals surface area contributed by atoms with Gasteiger partial charge < -0.3 is 10.5 Å². The van der Waals surface area contributed by atoms with Crippen LogP contribution in [0.4, 0.5) is 0 Å². The summed E-state index contributed by atoms with van der Waals surface area (Å²) in [6.45, 7) is 8.52. The van der Waals surface area contributed by atoms with Gasteiger partial charge in [-0.2, -0.15) is 0 Å². The third-order valence-electron chi connectivity index (χ3n) is 3.29. The van der Waals surface area contributed by atoms with Crippen molar-refractivity contribution in [3.63, 3.8) is 0 Å². The molecule has 0 aromatic heterocycles. The van der Waals surface area contributed by atoms with E-state index in [1.807, 2.05) is 0 Å². The second-order valence-corrected chi connectivity index (χ2v) is 4.93. The molecule has 0 amide bonds. The predicted octanol–water partition coefficient (Wildman–Crippen LogP) is 1.46. The molecule has 0 bridgehead atoms. The zero-order valence-electron chi connectivity index (χ0n) is 10.8. The normalized spacial score (nSPS) is 21.7. The van der Waals surface area contributed by atoms with Crippen LogP contribution in [-0.2, 0) is 11.3 Å². The summed E-state index contributed by atoms with van der Waals surface area (Å²) in [5.41, 5.74) is 9.83. The molecule has 3 nitrogen and oxygen atoms in total.